The standard InChI is InChI=1S/C53H67ClF2N10O9S/c1-31(33-9-11-34(12-10-33)47-32(2)60-30-76-47)61-50(71)40-25-36(68)28-66(40)51(72)48(53(3,4)5)62-42(70)29-75-24-23-74-22-21-73-20-17-58-27-35(67)13-14-59-52-63-46-37(49(64-52)65-18-15-57-16-19-65)26-38(54)43(45(46)56)44-39(55)7-6-8-41(44)69/h6-12,26,30-31,36,40,48,57-58,68-69H,13-25,27-29H2,1-5H3,(H,61,71)(H,62,70)(H,59,63,64)/t31-,36+,40-,48+/m0/s1. The molecule has 2 aliphatic rings. The number of phenols is 1. The van der Waals surface area contributed by atoms with Gasteiger partial charge in [-0.2, -0.15) is 4.98 Å². The molecule has 19 nitrogen and oxygen atoms in total. The first-order valence-electron chi connectivity index (χ1n) is 25.3. The zero-order chi connectivity index (χ0) is 54.5. The zero-order valence-corrected chi connectivity index (χ0v) is 44.9. The van der Waals surface area contributed by atoms with Crippen LogP contribution in [0, 0.1) is 24.0 Å². The van der Waals surface area contributed by atoms with Crippen LogP contribution in [0.4, 0.5) is 20.5 Å². The number of carbonyl (C=O) groups excluding carboxylic acids is 4. The lowest BCUT2D eigenvalue weighted by atomic mass is 9.85. The third-order valence-electron chi connectivity index (χ3n) is 13.0. The molecule has 2 saturated heterocycles. The zero-order valence-electron chi connectivity index (χ0n) is 43.3. The molecule has 3 amide bonds. The number of hydrogen-bond acceptors (Lipinski definition) is 17. The molecule has 2 fully saturated rings. The van der Waals surface area contributed by atoms with Crippen LogP contribution in [0.15, 0.2) is 54.0 Å². The lowest BCUT2D eigenvalue weighted by molar-refractivity contribution is -0.144. The summed E-state index contributed by atoms with van der Waals surface area (Å²) >= 11 is 8.09. The number of thiazole rings is 1. The summed E-state index contributed by atoms with van der Waals surface area (Å²) in [6.45, 7) is 13.1. The molecule has 3 aromatic carbocycles. The minimum atomic E-state index is -1.01. The van der Waals surface area contributed by atoms with Crippen molar-refractivity contribution in [3.05, 3.63) is 82.0 Å². The Morgan fingerprint density at radius 1 is 0.947 bits per heavy atom. The fourth-order valence-electron chi connectivity index (χ4n) is 8.96. The summed E-state index contributed by atoms with van der Waals surface area (Å²) in [5.41, 5.74) is 3.11. The van der Waals surface area contributed by atoms with Gasteiger partial charge in [0.05, 0.1) is 78.4 Å². The second kappa shape index (κ2) is 26.9. The molecule has 7 rings (SSSR count). The number of nitrogens with zero attached hydrogens (tertiary/aromatic N) is 5. The Labute approximate surface area is 449 Å². The van der Waals surface area contributed by atoms with Gasteiger partial charge in [-0.1, -0.05) is 62.7 Å². The molecular formula is C53H67ClF2N10O9S. The number of aliphatic hydroxyl groups excluding tert-OH is 1. The lowest BCUT2D eigenvalue weighted by Crippen LogP contribution is -2.58. The Balaban J connectivity index is 0.770. The number of β-amino-alcohol motifs (C(OH)–C–C–N with tert-alkyl or cyclic N) is 1. The normalized spacial score (nSPS) is 16.7. The van der Waals surface area contributed by atoms with E-state index in [0.29, 0.717) is 50.5 Å². The van der Waals surface area contributed by atoms with Gasteiger partial charge in [0, 0.05) is 69.6 Å². The number of rotatable bonds is 25. The van der Waals surface area contributed by atoms with Gasteiger partial charge in [-0.05, 0) is 48.6 Å². The summed E-state index contributed by atoms with van der Waals surface area (Å²) in [5.74, 6) is -3.23. The molecule has 4 heterocycles. The number of phenolic OH excluding ortho intramolecular Hbond substituents is 1. The number of halogens is 3. The number of carbonyl (C=O) groups is 4. The topological polar surface area (TPSA) is 242 Å². The average Bonchev–Trinajstić information content (AvgIpc) is 4.03. The molecule has 0 bridgehead atoms. The van der Waals surface area contributed by atoms with Crippen molar-refractivity contribution in [2.45, 2.75) is 71.7 Å². The number of piperazine rings is 1. The Kier molecular flexibility index (Phi) is 20.4. The van der Waals surface area contributed by atoms with Crippen LogP contribution >= 0.6 is 22.9 Å². The number of aromatic hydroxyl groups is 1. The predicted octanol–water partition coefficient (Wildman–Crippen LogP) is 5.16. The van der Waals surface area contributed by atoms with Gasteiger partial charge in [-0.25, -0.2) is 18.7 Å². The third-order valence-corrected chi connectivity index (χ3v) is 14.3. The summed E-state index contributed by atoms with van der Waals surface area (Å²) in [5, 5.41) is 36.4. The molecule has 0 saturated carbocycles. The minimum Gasteiger partial charge on any atom is -0.507 e. The summed E-state index contributed by atoms with van der Waals surface area (Å²) in [7, 11) is 0. The van der Waals surface area contributed by atoms with Crippen molar-refractivity contribution in [3.8, 4) is 27.3 Å². The van der Waals surface area contributed by atoms with Crippen LogP contribution in [0.3, 0.4) is 0 Å². The molecule has 0 spiro atoms. The van der Waals surface area contributed by atoms with E-state index in [1.54, 1.807) is 16.8 Å². The molecule has 2 aromatic heterocycles. The third kappa shape index (κ3) is 14.9. The molecule has 5 aromatic rings. The van der Waals surface area contributed by atoms with Gasteiger partial charge < -0.3 is 60.8 Å². The van der Waals surface area contributed by atoms with Crippen LogP contribution < -0.4 is 31.5 Å². The number of likely N-dealkylation sites (tertiary alicyclic amines) is 1. The van der Waals surface area contributed by atoms with Gasteiger partial charge in [-0.3, -0.25) is 19.2 Å². The number of amides is 3. The molecule has 0 unspecified atom stereocenters. The van der Waals surface area contributed by atoms with Crippen molar-refractivity contribution < 1.29 is 52.4 Å². The van der Waals surface area contributed by atoms with E-state index >= 15 is 4.39 Å². The second-order valence-corrected chi connectivity index (χ2v) is 21.0. The van der Waals surface area contributed by atoms with E-state index < -0.39 is 58.7 Å². The molecule has 0 aliphatic carbocycles. The Bertz CT molecular complexity index is 2800. The van der Waals surface area contributed by atoms with E-state index in [1.807, 2.05) is 63.8 Å². The van der Waals surface area contributed by atoms with Crippen LogP contribution in [-0.2, 0) is 33.4 Å². The first-order chi connectivity index (χ1) is 36.4. The highest BCUT2D eigenvalue weighted by Gasteiger charge is 2.45. The number of nitrogens with one attached hydrogen (secondary N) is 5. The van der Waals surface area contributed by atoms with Crippen LogP contribution in [0.5, 0.6) is 5.75 Å². The van der Waals surface area contributed by atoms with E-state index in [0.717, 1.165) is 27.8 Å². The number of aliphatic hydroxyl groups is 1. The first-order valence-corrected chi connectivity index (χ1v) is 26.6. The SMILES string of the molecule is Cc1ncsc1-c1ccc([C@H](C)NC(=O)[C@@H]2C[C@@H](O)CN2C(=O)[C@@H](NC(=O)COCCOCCOCCNCC(=O)CCNc2nc(N3CCNCC3)c3cc(Cl)c(-c4c(O)cccc4F)c(F)c3n2)C(C)(C)C)cc1. The predicted molar refractivity (Wildman–Crippen MR) is 286 cm³/mol. The van der Waals surface area contributed by atoms with Crippen molar-refractivity contribution in [2.75, 3.05) is 102 Å². The number of anilines is 2. The van der Waals surface area contributed by atoms with Crippen molar-refractivity contribution in [2.24, 2.45) is 5.41 Å². The molecular weight excluding hydrogens is 1030 g/mol. The van der Waals surface area contributed by atoms with E-state index in [2.05, 4.69) is 41.5 Å². The molecule has 4 atom stereocenters. The minimum absolute atomic E-state index is 0.0477. The van der Waals surface area contributed by atoms with Crippen molar-refractivity contribution >= 4 is 69.1 Å². The fourth-order valence-corrected chi connectivity index (χ4v) is 10.1. The fraction of sp³-hybridized carbons (Fsp3) is 0.491. The smallest absolute Gasteiger partial charge is 0.246 e. The second-order valence-electron chi connectivity index (χ2n) is 19.7. The number of ether oxygens (including phenoxy) is 3. The number of benzene rings is 3. The van der Waals surface area contributed by atoms with Crippen molar-refractivity contribution in [3.63, 3.8) is 0 Å². The number of aryl methyl sites for hydroxylation is 1. The number of aromatic nitrogens is 3. The van der Waals surface area contributed by atoms with Crippen LogP contribution in [0.1, 0.15) is 57.8 Å². The van der Waals surface area contributed by atoms with Crippen LogP contribution in [0.2, 0.25) is 5.02 Å². The highest BCUT2D eigenvalue weighted by Crippen LogP contribution is 2.42. The number of hydrogen-bond donors (Lipinski definition) is 7. The maximum Gasteiger partial charge on any atom is 0.246 e. The number of fused-ring (bicyclic) bond motifs is 1. The molecule has 410 valence electrons. The summed E-state index contributed by atoms with van der Waals surface area (Å²) < 4.78 is 47.9. The van der Waals surface area contributed by atoms with E-state index in [-0.39, 0.29) is 105 Å². The number of Topliss-reactive ketones (excluding diaryl/α,β-unsaturated/α-hetero) is 1. The largest absolute Gasteiger partial charge is 0.507 e. The highest BCUT2D eigenvalue weighted by atomic mass is 35.5. The summed E-state index contributed by atoms with van der Waals surface area (Å²) in [6, 6.07) is 10.7. The molecule has 23 heteroatoms. The van der Waals surface area contributed by atoms with Gasteiger partial charge in [0.1, 0.15) is 47.4 Å². The maximum absolute atomic E-state index is 16.3. The monoisotopic (exact) mass is 1090 g/mol. The first kappa shape index (κ1) is 57.7. The van der Waals surface area contributed by atoms with Gasteiger partial charge >= 0.3 is 0 Å². The quantitative estimate of drug-likeness (QED) is 0.0374. The van der Waals surface area contributed by atoms with Crippen LogP contribution in [0.25, 0.3) is 32.5 Å². The average molecular weight is 1090 g/mol. The van der Waals surface area contributed by atoms with Gasteiger partial charge in [0.25, 0.3) is 0 Å². The van der Waals surface area contributed by atoms with Gasteiger partial charge in [0.2, 0.25) is 23.7 Å². The lowest BCUT2D eigenvalue weighted by Gasteiger charge is -2.35. The Morgan fingerprint density at radius 3 is 2.34 bits per heavy atom. The van der Waals surface area contributed by atoms with Crippen molar-refractivity contribution in [1.82, 2.24) is 41.1 Å². The molecule has 0 radical (unpaired) electrons. The van der Waals surface area contributed by atoms with E-state index in [1.165, 1.54) is 23.1 Å². The van der Waals surface area contributed by atoms with Crippen LogP contribution in [-0.4, -0.2) is 164 Å². The van der Waals surface area contributed by atoms with Crippen molar-refractivity contribution in [1.29, 1.82) is 0 Å². The Hall–Kier alpha value is -5.98. The molecule has 7 N–H and O–H groups in total. The van der Waals surface area contributed by atoms with Gasteiger partial charge in [-0.15, -0.1) is 11.3 Å². The van der Waals surface area contributed by atoms with E-state index in [9.17, 15) is 33.8 Å². The molecule has 2 aliphatic heterocycles. The summed E-state index contributed by atoms with van der Waals surface area (Å²) in [4.78, 5) is 71.2. The maximum atomic E-state index is 16.3. The highest BCUT2D eigenvalue weighted by molar-refractivity contribution is 7.13. The molecule has 76 heavy (non-hydrogen) atoms. The summed E-state index contributed by atoms with van der Waals surface area (Å²) in [6.07, 6.45) is -0.729. The Morgan fingerprint density at radius 2 is 1.66 bits per heavy atom. The van der Waals surface area contributed by atoms with E-state index in [4.69, 9.17) is 25.8 Å². The van der Waals surface area contributed by atoms with Gasteiger partial charge in [0.15, 0.2) is 5.82 Å². The number of ketones is 1.